The summed E-state index contributed by atoms with van der Waals surface area (Å²) in [4.78, 5) is 24.8. The summed E-state index contributed by atoms with van der Waals surface area (Å²) >= 11 is 0. The van der Waals surface area contributed by atoms with E-state index in [1.54, 1.807) is 6.07 Å². The maximum atomic E-state index is 13.5. The van der Waals surface area contributed by atoms with E-state index in [9.17, 15) is 18.0 Å². The zero-order chi connectivity index (χ0) is 23.9. The molecule has 2 aliphatic heterocycles. The first-order valence-corrected chi connectivity index (χ1v) is 12.8. The van der Waals surface area contributed by atoms with Gasteiger partial charge in [-0.1, -0.05) is 6.07 Å². The lowest BCUT2D eigenvalue weighted by Gasteiger charge is -2.32. The first-order valence-electron chi connectivity index (χ1n) is 11.4. The molecule has 0 spiro atoms. The Balaban J connectivity index is 1.43. The second-order valence-electron chi connectivity index (χ2n) is 9.18. The normalized spacial score (nSPS) is 17.4. The predicted octanol–water partition coefficient (Wildman–Crippen LogP) is 3.84. The third kappa shape index (κ3) is 4.54. The molecule has 1 fully saturated rings. The van der Waals surface area contributed by atoms with Gasteiger partial charge < -0.3 is 10.6 Å². The zero-order valence-corrected chi connectivity index (χ0v) is 20.4. The minimum Gasteiger partial charge on any atom is -0.326 e. The van der Waals surface area contributed by atoms with E-state index in [0.29, 0.717) is 49.4 Å². The Kier molecular flexibility index (Phi) is 6.33. The highest BCUT2D eigenvalue weighted by molar-refractivity contribution is 7.89. The van der Waals surface area contributed by atoms with Crippen molar-refractivity contribution in [2.45, 2.75) is 58.3 Å². The lowest BCUT2D eigenvalue weighted by Crippen LogP contribution is -2.41. The smallest absolute Gasteiger partial charge is 0.243 e. The second kappa shape index (κ2) is 8.91. The van der Waals surface area contributed by atoms with Gasteiger partial charge in [-0.25, -0.2) is 8.42 Å². The molecule has 0 saturated carbocycles. The molecule has 4 rings (SSSR count). The van der Waals surface area contributed by atoms with Crippen LogP contribution in [0.15, 0.2) is 29.2 Å². The summed E-state index contributed by atoms with van der Waals surface area (Å²) in [5.41, 5.74) is 6.02. The van der Waals surface area contributed by atoms with Crippen LogP contribution in [-0.4, -0.2) is 37.6 Å². The van der Waals surface area contributed by atoms with Crippen LogP contribution in [0.4, 0.5) is 11.4 Å². The van der Waals surface area contributed by atoms with Gasteiger partial charge in [-0.15, -0.1) is 0 Å². The Morgan fingerprint density at radius 1 is 1.00 bits per heavy atom. The van der Waals surface area contributed by atoms with Crippen LogP contribution in [-0.2, 0) is 26.0 Å². The molecule has 2 aromatic rings. The summed E-state index contributed by atoms with van der Waals surface area (Å²) in [5, 5.41) is 5.81. The van der Waals surface area contributed by atoms with Gasteiger partial charge in [0.25, 0.3) is 0 Å². The number of fused-ring (bicyclic) bond motifs is 1. The second-order valence-corrected chi connectivity index (χ2v) is 11.1. The van der Waals surface area contributed by atoms with Crippen molar-refractivity contribution in [1.82, 2.24) is 4.31 Å². The van der Waals surface area contributed by atoms with Crippen LogP contribution < -0.4 is 10.6 Å². The van der Waals surface area contributed by atoms with Gasteiger partial charge in [0.2, 0.25) is 21.8 Å². The van der Waals surface area contributed by atoms with Gasteiger partial charge in [-0.3, -0.25) is 9.59 Å². The van der Waals surface area contributed by atoms with Crippen molar-refractivity contribution < 1.29 is 18.0 Å². The highest BCUT2D eigenvalue weighted by Gasteiger charge is 2.34. The molecule has 1 saturated heterocycles. The van der Waals surface area contributed by atoms with Crippen LogP contribution in [0.1, 0.15) is 47.1 Å². The van der Waals surface area contributed by atoms with E-state index >= 15 is 0 Å². The van der Waals surface area contributed by atoms with Gasteiger partial charge in [0.15, 0.2) is 0 Å². The fraction of sp³-hybridized carbons (Fsp3) is 0.440. The van der Waals surface area contributed by atoms with Crippen molar-refractivity contribution >= 4 is 33.2 Å². The third-order valence-corrected chi connectivity index (χ3v) is 9.16. The standard InChI is InChI=1S/C25H31N3O4S/c1-15-13-16(2)18(4)24(17(15)3)33(31,32)28-11-9-19(10-12-28)25(30)26-21-6-7-22-20(14-21)5-8-23(29)27-22/h6-7,13-14,19H,5,8-12H2,1-4H3,(H,26,30)(H,27,29). The number of anilines is 2. The minimum absolute atomic E-state index is 0.00668. The summed E-state index contributed by atoms with van der Waals surface area (Å²) < 4.78 is 28.4. The topological polar surface area (TPSA) is 95.6 Å². The number of hydrogen-bond donors (Lipinski definition) is 2. The first-order chi connectivity index (χ1) is 15.6. The van der Waals surface area contributed by atoms with Crippen LogP contribution in [0, 0.1) is 33.6 Å². The minimum atomic E-state index is -3.62. The van der Waals surface area contributed by atoms with E-state index in [-0.39, 0.29) is 17.7 Å². The molecule has 8 heteroatoms. The number of nitrogens with zero attached hydrogens (tertiary/aromatic N) is 1. The molecule has 2 amide bonds. The number of sulfonamides is 1. The summed E-state index contributed by atoms with van der Waals surface area (Å²) in [5.74, 6) is -0.327. The lowest BCUT2D eigenvalue weighted by molar-refractivity contribution is -0.121. The van der Waals surface area contributed by atoms with Gasteiger partial charge in [0, 0.05) is 36.8 Å². The van der Waals surface area contributed by atoms with E-state index in [4.69, 9.17) is 0 Å². The molecule has 0 unspecified atom stereocenters. The Hall–Kier alpha value is -2.71. The molecule has 2 N–H and O–H groups in total. The molecule has 7 nitrogen and oxygen atoms in total. The van der Waals surface area contributed by atoms with Gasteiger partial charge in [-0.2, -0.15) is 4.31 Å². The number of hydrogen-bond acceptors (Lipinski definition) is 4. The highest BCUT2D eigenvalue weighted by atomic mass is 32.2. The van der Waals surface area contributed by atoms with Crippen molar-refractivity contribution in [3.63, 3.8) is 0 Å². The Labute approximate surface area is 195 Å². The molecule has 0 aromatic heterocycles. The van der Waals surface area contributed by atoms with Gasteiger partial charge in [0.05, 0.1) is 4.90 Å². The molecular formula is C25H31N3O4S. The number of carbonyl (C=O) groups is 2. The monoisotopic (exact) mass is 469 g/mol. The van der Waals surface area contributed by atoms with E-state index < -0.39 is 10.0 Å². The predicted molar refractivity (Wildman–Crippen MR) is 129 cm³/mol. The number of rotatable bonds is 4. The van der Waals surface area contributed by atoms with Gasteiger partial charge >= 0.3 is 0 Å². The van der Waals surface area contributed by atoms with Gasteiger partial charge in [-0.05, 0) is 93.0 Å². The van der Waals surface area contributed by atoms with E-state index in [1.165, 1.54) is 4.31 Å². The fourth-order valence-corrected chi connectivity index (χ4v) is 6.81. The van der Waals surface area contributed by atoms with E-state index in [1.807, 2.05) is 45.9 Å². The van der Waals surface area contributed by atoms with Crippen molar-refractivity contribution in [2.24, 2.45) is 5.92 Å². The van der Waals surface area contributed by atoms with Crippen molar-refractivity contribution in [1.29, 1.82) is 0 Å². The highest BCUT2D eigenvalue weighted by Crippen LogP contribution is 2.32. The number of aryl methyl sites for hydroxylation is 3. The molecule has 0 radical (unpaired) electrons. The largest absolute Gasteiger partial charge is 0.326 e. The van der Waals surface area contributed by atoms with Crippen LogP contribution in [0.25, 0.3) is 0 Å². The zero-order valence-electron chi connectivity index (χ0n) is 19.6. The van der Waals surface area contributed by atoms with Crippen molar-refractivity contribution in [3.05, 3.63) is 52.1 Å². The molecule has 2 aromatic carbocycles. The summed E-state index contributed by atoms with van der Waals surface area (Å²) in [7, 11) is -3.62. The molecular weight excluding hydrogens is 438 g/mol. The molecule has 0 bridgehead atoms. The summed E-state index contributed by atoms with van der Waals surface area (Å²) in [6.07, 6.45) is 2.05. The lowest BCUT2D eigenvalue weighted by atomic mass is 9.97. The molecule has 0 atom stereocenters. The van der Waals surface area contributed by atoms with Crippen LogP contribution in [0.5, 0.6) is 0 Å². The number of piperidine rings is 1. The molecule has 0 aliphatic carbocycles. The SMILES string of the molecule is Cc1cc(C)c(C)c(S(=O)(=O)N2CCC(C(=O)Nc3ccc4c(c3)CCC(=O)N4)CC2)c1C. The average molecular weight is 470 g/mol. The quantitative estimate of drug-likeness (QED) is 0.711. The molecule has 2 aliphatic rings. The van der Waals surface area contributed by atoms with Crippen molar-refractivity contribution in [3.8, 4) is 0 Å². The van der Waals surface area contributed by atoms with Crippen LogP contribution in [0.3, 0.4) is 0 Å². The number of benzene rings is 2. The summed E-state index contributed by atoms with van der Waals surface area (Å²) in [6, 6.07) is 7.52. The number of nitrogens with one attached hydrogen (secondary N) is 2. The Morgan fingerprint density at radius 2 is 1.64 bits per heavy atom. The molecule has 33 heavy (non-hydrogen) atoms. The number of amides is 2. The molecule has 176 valence electrons. The maximum absolute atomic E-state index is 13.5. The van der Waals surface area contributed by atoms with Gasteiger partial charge in [0.1, 0.15) is 0 Å². The van der Waals surface area contributed by atoms with E-state index in [2.05, 4.69) is 10.6 Å². The maximum Gasteiger partial charge on any atom is 0.243 e. The summed E-state index contributed by atoms with van der Waals surface area (Å²) in [6.45, 7) is 8.24. The van der Waals surface area contributed by atoms with E-state index in [0.717, 1.165) is 33.5 Å². The number of carbonyl (C=O) groups excluding carboxylic acids is 2. The average Bonchev–Trinajstić information content (AvgIpc) is 2.78. The molecule has 2 heterocycles. The Bertz CT molecular complexity index is 1200. The fourth-order valence-electron chi connectivity index (χ4n) is 4.76. The van der Waals surface area contributed by atoms with Crippen molar-refractivity contribution in [2.75, 3.05) is 23.7 Å². The first kappa shape index (κ1) is 23.4. The van der Waals surface area contributed by atoms with Crippen LogP contribution >= 0.6 is 0 Å². The van der Waals surface area contributed by atoms with Crippen LogP contribution in [0.2, 0.25) is 0 Å². The Morgan fingerprint density at radius 3 is 2.27 bits per heavy atom. The third-order valence-electron chi connectivity index (χ3n) is 6.99.